The lowest BCUT2D eigenvalue weighted by Crippen LogP contribution is -2.39. The molecule has 0 unspecified atom stereocenters. The van der Waals surface area contributed by atoms with Crippen LogP contribution in [0.2, 0.25) is 0 Å². The number of carbonyl (C=O) groups excluding carboxylic acids is 1. The van der Waals surface area contributed by atoms with E-state index in [0.717, 1.165) is 5.56 Å². The topological polar surface area (TPSA) is 90.5 Å². The van der Waals surface area contributed by atoms with Crippen LogP contribution in [0.25, 0.3) is 11.4 Å². The first-order chi connectivity index (χ1) is 11.6. The molecule has 8 heteroatoms. The Morgan fingerprint density at radius 3 is 2.75 bits per heavy atom. The molecule has 0 bridgehead atoms. The van der Waals surface area contributed by atoms with Crippen molar-refractivity contribution < 1.29 is 4.79 Å². The van der Waals surface area contributed by atoms with Gasteiger partial charge in [-0.15, -0.1) is 10.2 Å². The first-order valence-electron chi connectivity index (χ1n) is 7.74. The molecule has 0 radical (unpaired) electrons. The van der Waals surface area contributed by atoms with Crippen LogP contribution in [-0.4, -0.2) is 41.7 Å². The molecule has 0 fully saturated rings. The summed E-state index contributed by atoms with van der Waals surface area (Å²) in [5, 5.41) is 15.3. The quantitative estimate of drug-likeness (QED) is 0.738. The van der Waals surface area contributed by atoms with Crippen molar-refractivity contribution in [3.8, 4) is 11.4 Å². The number of hydrogen-bond acceptors (Lipinski definition) is 5. The van der Waals surface area contributed by atoms with Gasteiger partial charge in [-0.3, -0.25) is 4.79 Å². The van der Waals surface area contributed by atoms with Crippen LogP contribution in [-0.2, 0) is 11.3 Å². The van der Waals surface area contributed by atoms with Gasteiger partial charge in [0.1, 0.15) is 6.04 Å². The van der Waals surface area contributed by atoms with E-state index in [1.54, 1.807) is 19.4 Å². The molecule has 2 atom stereocenters. The summed E-state index contributed by atoms with van der Waals surface area (Å²) in [4.78, 5) is 17.7. The predicted molar refractivity (Wildman–Crippen MR) is 87.8 cm³/mol. The molecule has 3 rings (SSSR count). The lowest BCUT2D eigenvalue weighted by atomic mass is 10.2. The Bertz CT molecular complexity index is 782. The molecule has 1 amide bonds. The van der Waals surface area contributed by atoms with Crippen molar-refractivity contribution in [1.29, 1.82) is 0 Å². The van der Waals surface area contributed by atoms with E-state index in [9.17, 15) is 4.79 Å². The number of tetrazole rings is 1. The van der Waals surface area contributed by atoms with Gasteiger partial charge in [-0.1, -0.05) is 30.3 Å². The van der Waals surface area contributed by atoms with Gasteiger partial charge in [0, 0.05) is 30.5 Å². The standard InChI is InChI=1S/C16H19N7O/c1-12(10-22-9-8-17-11-22)18-16(24)13(2)23-20-15(19-21-23)14-6-4-3-5-7-14/h3-9,11-13H,10H2,1-2H3,(H,18,24)/t12-,13-/m1/s1. The molecule has 124 valence electrons. The van der Waals surface area contributed by atoms with E-state index in [2.05, 4.69) is 25.7 Å². The number of amides is 1. The molecule has 24 heavy (non-hydrogen) atoms. The van der Waals surface area contributed by atoms with Gasteiger partial charge in [-0.2, -0.15) is 4.80 Å². The van der Waals surface area contributed by atoms with E-state index >= 15 is 0 Å². The fraction of sp³-hybridized carbons (Fsp3) is 0.312. The lowest BCUT2D eigenvalue weighted by Gasteiger charge is -2.17. The Hall–Kier alpha value is -3.03. The van der Waals surface area contributed by atoms with E-state index in [1.165, 1.54) is 4.80 Å². The van der Waals surface area contributed by atoms with Crippen LogP contribution in [0, 0.1) is 0 Å². The number of imidazole rings is 1. The van der Waals surface area contributed by atoms with Gasteiger partial charge in [0.15, 0.2) is 0 Å². The van der Waals surface area contributed by atoms with E-state index in [4.69, 9.17) is 0 Å². The normalized spacial score (nSPS) is 13.4. The summed E-state index contributed by atoms with van der Waals surface area (Å²) in [6.45, 7) is 4.34. The number of carbonyl (C=O) groups is 1. The number of benzene rings is 1. The molecule has 0 saturated heterocycles. The number of aromatic nitrogens is 6. The zero-order valence-electron chi connectivity index (χ0n) is 13.6. The summed E-state index contributed by atoms with van der Waals surface area (Å²) in [6, 6.07) is 8.96. The molecular formula is C16H19N7O. The minimum Gasteiger partial charge on any atom is -0.350 e. The van der Waals surface area contributed by atoms with Crippen molar-refractivity contribution in [3.63, 3.8) is 0 Å². The summed E-state index contributed by atoms with van der Waals surface area (Å²) < 4.78 is 1.91. The Morgan fingerprint density at radius 1 is 1.25 bits per heavy atom. The Labute approximate surface area is 139 Å². The van der Waals surface area contributed by atoms with E-state index in [-0.39, 0.29) is 11.9 Å². The fourth-order valence-electron chi connectivity index (χ4n) is 2.32. The summed E-state index contributed by atoms with van der Waals surface area (Å²) in [5.41, 5.74) is 0.866. The maximum Gasteiger partial charge on any atom is 0.246 e. The van der Waals surface area contributed by atoms with Crippen molar-refractivity contribution in [2.45, 2.75) is 32.5 Å². The van der Waals surface area contributed by atoms with Crippen molar-refractivity contribution in [3.05, 3.63) is 49.1 Å². The lowest BCUT2D eigenvalue weighted by molar-refractivity contribution is -0.125. The van der Waals surface area contributed by atoms with Gasteiger partial charge in [-0.25, -0.2) is 4.98 Å². The number of rotatable bonds is 6. The smallest absolute Gasteiger partial charge is 0.246 e. The summed E-state index contributed by atoms with van der Waals surface area (Å²) in [6.07, 6.45) is 5.29. The van der Waals surface area contributed by atoms with Crippen LogP contribution < -0.4 is 5.32 Å². The zero-order valence-corrected chi connectivity index (χ0v) is 13.6. The first kappa shape index (κ1) is 15.9. The third kappa shape index (κ3) is 3.65. The highest BCUT2D eigenvalue weighted by atomic mass is 16.2. The van der Waals surface area contributed by atoms with E-state index in [1.807, 2.05) is 48.0 Å². The molecule has 0 saturated carbocycles. The molecule has 0 aliphatic carbocycles. The Morgan fingerprint density at radius 2 is 2.04 bits per heavy atom. The SMILES string of the molecule is C[C@H](Cn1ccnc1)NC(=O)[C@@H](C)n1nnc(-c2ccccc2)n1. The molecule has 0 aliphatic rings. The van der Waals surface area contributed by atoms with Crippen molar-refractivity contribution in [2.75, 3.05) is 0 Å². The average molecular weight is 325 g/mol. The van der Waals surface area contributed by atoms with Gasteiger partial charge >= 0.3 is 0 Å². The van der Waals surface area contributed by atoms with Crippen LogP contribution in [0.5, 0.6) is 0 Å². The molecule has 3 aromatic rings. The molecule has 8 nitrogen and oxygen atoms in total. The second-order valence-electron chi connectivity index (χ2n) is 5.64. The van der Waals surface area contributed by atoms with Crippen molar-refractivity contribution >= 4 is 5.91 Å². The maximum absolute atomic E-state index is 12.4. The fourth-order valence-corrected chi connectivity index (χ4v) is 2.32. The van der Waals surface area contributed by atoms with Gasteiger partial charge < -0.3 is 9.88 Å². The molecule has 1 aromatic carbocycles. The van der Waals surface area contributed by atoms with Crippen LogP contribution in [0.1, 0.15) is 19.9 Å². The number of nitrogens with one attached hydrogen (secondary N) is 1. The molecule has 1 N–H and O–H groups in total. The van der Waals surface area contributed by atoms with Gasteiger partial charge in [0.25, 0.3) is 0 Å². The largest absolute Gasteiger partial charge is 0.350 e. The van der Waals surface area contributed by atoms with E-state index in [0.29, 0.717) is 12.4 Å². The van der Waals surface area contributed by atoms with E-state index < -0.39 is 6.04 Å². The number of nitrogens with zero attached hydrogens (tertiary/aromatic N) is 6. The second-order valence-corrected chi connectivity index (χ2v) is 5.64. The van der Waals surface area contributed by atoms with Crippen LogP contribution in [0.3, 0.4) is 0 Å². The predicted octanol–water partition coefficient (Wildman–Crippen LogP) is 1.30. The highest BCUT2D eigenvalue weighted by Gasteiger charge is 2.20. The van der Waals surface area contributed by atoms with Crippen LogP contribution in [0.15, 0.2) is 49.1 Å². The molecule has 0 aliphatic heterocycles. The van der Waals surface area contributed by atoms with Gasteiger partial charge in [-0.05, 0) is 19.1 Å². The third-order valence-corrected chi connectivity index (χ3v) is 3.62. The summed E-state index contributed by atoms with van der Waals surface area (Å²) in [5.74, 6) is 0.348. The number of hydrogen-bond donors (Lipinski definition) is 1. The zero-order chi connectivity index (χ0) is 16.9. The summed E-state index contributed by atoms with van der Waals surface area (Å²) in [7, 11) is 0. The maximum atomic E-state index is 12.4. The minimum atomic E-state index is -0.541. The van der Waals surface area contributed by atoms with Gasteiger partial charge in [0.2, 0.25) is 11.7 Å². The Balaban J connectivity index is 1.62. The third-order valence-electron chi connectivity index (χ3n) is 3.62. The molecule has 2 aromatic heterocycles. The Kier molecular flexibility index (Phi) is 4.64. The highest BCUT2D eigenvalue weighted by Crippen LogP contribution is 2.13. The van der Waals surface area contributed by atoms with Crippen LogP contribution >= 0.6 is 0 Å². The molecular weight excluding hydrogens is 306 g/mol. The molecule has 2 heterocycles. The minimum absolute atomic E-state index is 0.0359. The van der Waals surface area contributed by atoms with Crippen molar-refractivity contribution in [2.24, 2.45) is 0 Å². The van der Waals surface area contributed by atoms with Crippen LogP contribution in [0.4, 0.5) is 0 Å². The van der Waals surface area contributed by atoms with Crippen molar-refractivity contribution in [1.82, 2.24) is 35.1 Å². The monoisotopic (exact) mass is 325 g/mol. The van der Waals surface area contributed by atoms with Gasteiger partial charge in [0.05, 0.1) is 6.33 Å². The molecule has 0 spiro atoms. The average Bonchev–Trinajstić information content (AvgIpc) is 3.26. The first-order valence-corrected chi connectivity index (χ1v) is 7.74. The highest BCUT2D eigenvalue weighted by molar-refractivity contribution is 5.79. The summed E-state index contributed by atoms with van der Waals surface area (Å²) >= 11 is 0. The second kappa shape index (κ2) is 7.03.